The summed E-state index contributed by atoms with van der Waals surface area (Å²) in [6, 6.07) is 0. The van der Waals surface area contributed by atoms with Crippen LogP contribution in [0, 0.1) is 28.6 Å². The average molecular weight is 290 g/mol. The van der Waals surface area contributed by atoms with Gasteiger partial charge in [0, 0.05) is 6.42 Å². The molecule has 21 heavy (non-hydrogen) atoms. The van der Waals surface area contributed by atoms with Crippen LogP contribution in [0.25, 0.3) is 0 Å². The molecule has 0 amide bonds. The molecule has 0 bridgehead atoms. The van der Waals surface area contributed by atoms with Crippen molar-refractivity contribution in [3.8, 4) is 0 Å². The van der Waals surface area contributed by atoms with Gasteiger partial charge < -0.3 is 5.11 Å². The lowest BCUT2D eigenvalue weighted by molar-refractivity contribution is -0.197. The Morgan fingerprint density at radius 1 is 0.952 bits per heavy atom. The highest BCUT2D eigenvalue weighted by molar-refractivity contribution is 5.88. The van der Waals surface area contributed by atoms with Crippen LogP contribution in [0.15, 0.2) is 0 Å². The molecule has 0 heterocycles. The monoisotopic (exact) mass is 290 g/mol. The Morgan fingerprint density at radius 3 is 2.57 bits per heavy atom. The first kappa shape index (κ1) is 14.2. The fraction of sp³-hybridized carbons (Fsp3) is 0.947. The molecule has 4 fully saturated rings. The lowest BCUT2D eigenvalue weighted by Crippen LogP contribution is -2.61. The van der Waals surface area contributed by atoms with Crippen molar-refractivity contribution < 1.29 is 9.90 Å². The highest BCUT2D eigenvalue weighted by Gasteiger charge is 2.67. The first-order chi connectivity index (χ1) is 9.92. The lowest BCUT2D eigenvalue weighted by Gasteiger charge is -2.62. The summed E-state index contributed by atoms with van der Waals surface area (Å²) in [5.41, 5.74) is -0.700. The third-order valence-electron chi connectivity index (χ3n) is 8.48. The average Bonchev–Trinajstić information content (AvgIpc) is 2.71. The molecule has 2 nitrogen and oxygen atoms in total. The fourth-order valence-electron chi connectivity index (χ4n) is 7.03. The molecule has 4 aliphatic carbocycles. The molecule has 0 aromatic heterocycles. The second-order valence-electron chi connectivity index (χ2n) is 8.96. The van der Waals surface area contributed by atoms with E-state index in [1.165, 1.54) is 38.5 Å². The number of carbonyl (C=O) groups is 1. The predicted octanol–water partition coefficient (Wildman–Crippen LogP) is 4.10. The molecule has 6 atom stereocenters. The Morgan fingerprint density at radius 2 is 1.76 bits per heavy atom. The number of hydrogen-bond donors (Lipinski definition) is 1. The predicted molar refractivity (Wildman–Crippen MR) is 82.8 cm³/mol. The van der Waals surface area contributed by atoms with Crippen molar-refractivity contribution in [2.75, 3.05) is 0 Å². The Kier molecular flexibility index (Phi) is 2.94. The molecule has 4 aliphatic rings. The van der Waals surface area contributed by atoms with E-state index in [9.17, 15) is 9.90 Å². The molecule has 1 unspecified atom stereocenters. The minimum absolute atomic E-state index is 0.333. The maximum atomic E-state index is 12.4. The number of rotatable bonds is 0. The Bertz CT molecular complexity index is 472. The third-order valence-corrected chi connectivity index (χ3v) is 8.48. The number of hydrogen-bond acceptors (Lipinski definition) is 2. The minimum atomic E-state index is -0.696. The Balaban J connectivity index is 1.72. The van der Waals surface area contributed by atoms with Crippen molar-refractivity contribution in [3.05, 3.63) is 0 Å². The van der Waals surface area contributed by atoms with Gasteiger partial charge in [-0.3, -0.25) is 4.79 Å². The molecule has 0 spiro atoms. The number of fused-ring (bicyclic) bond motifs is 5. The van der Waals surface area contributed by atoms with Crippen LogP contribution in [0.4, 0.5) is 0 Å². The molecule has 0 aromatic carbocycles. The zero-order valence-corrected chi connectivity index (χ0v) is 13.7. The van der Waals surface area contributed by atoms with E-state index in [2.05, 4.69) is 13.8 Å². The van der Waals surface area contributed by atoms with Crippen LogP contribution in [0.3, 0.4) is 0 Å². The van der Waals surface area contributed by atoms with E-state index < -0.39 is 11.0 Å². The summed E-state index contributed by atoms with van der Waals surface area (Å²) in [7, 11) is 0. The first-order valence-corrected chi connectivity index (χ1v) is 9.17. The van der Waals surface area contributed by atoms with E-state index in [0.29, 0.717) is 29.5 Å². The lowest BCUT2D eigenvalue weighted by atomic mass is 9.44. The number of carbonyl (C=O) groups excluding carboxylic acids is 1. The normalized spacial score (nSPS) is 56.5. The summed E-state index contributed by atoms with van der Waals surface area (Å²) in [6.07, 6.45) is 11.4. The highest BCUT2D eigenvalue weighted by Crippen LogP contribution is 2.66. The van der Waals surface area contributed by atoms with Crippen molar-refractivity contribution >= 4 is 5.78 Å². The van der Waals surface area contributed by atoms with Crippen LogP contribution >= 0.6 is 0 Å². The van der Waals surface area contributed by atoms with Crippen molar-refractivity contribution in [2.45, 2.75) is 83.7 Å². The minimum Gasteiger partial charge on any atom is -0.389 e. The van der Waals surface area contributed by atoms with Crippen LogP contribution in [0.5, 0.6) is 0 Å². The van der Waals surface area contributed by atoms with Crippen molar-refractivity contribution in [1.29, 1.82) is 0 Å². The zero-order valence-electron chi connectivity index (χ0n) is 13.7. The quantitative estimate of drug-likeness (QED) is 0.729. The largest absolute Gasteiger partial charge is 0.389 e. The van der Waals surface area contributed by atoms with Gasteiger partial charge in [0.1, 0.15) is 5.78 Å². The smallest absolute Gasteiger partial charge is 0.141 e. The van der Waals surface area contributed by atoms with Crippen LogP contribution in [0.2, 0.25) is 0 Å². The van der Waals surface area contributed by atoms with Crippen LogP contribution in [-0.2, 0) is 4.79 Å². The molecule has 0 aromatic rings. The number of aliphatic hydroxyl groups is 1. The molecular weight excluding hydrogens is 260 g/mol. The van der Waals surface area contributed by atoms with Gasteiger partial charge in [0.05, 0.1) is 11.0 Å². The molecule has 1 N–H and O–H groups in total. The topological polar surface area (TPSA) is 37.3 Å². The third kappa shape index (κ3) is 1.61. The Labute approximate surface area is 128 Å². The highest BCUT2D eigenvalue weighted by atomic mass is 16.3. The first-order valence-electron chi connectivity index (χ1n) is 9.17. The number of ketones is 1. The van der Waals surface area contributed by atoms with E-state index in [1.807, 2.05) is 0 Å². The van der Waals surface area contributed by atoms with E-state index in [4.69, 9.17) is 0 Å². The molecule has 118 valence electrons. The van der Waals surface area contributed by atoms with Crippen molar-refractivity contribution in [3.63, 3.8) is 0 Å². The molecule has 4 saturated carbocycles. The van der Waals surface area contributed by atoms with Gasteiger partial charge in [-0.25, -0.2) is 0 Å². The standard InChI is InChI=1S/C19H30O2/c1-17-10-4-3-5-13(17)6-7-15-14(17)8-11-18(2)16(20)9-12-19(15,18)21/h13-15,21H,3-12H2,1-2H3/t13?,14-,15+,17-,18+,19+/m0/s1. The van der Waals surface area contributed by atoms with Crippen molar-refractivity contribution in [1.82, 2.24) is 0 Å². The molecule has 0 radical (unpaired) electrons. The molecule has 2 heteroatoms. The van der Waals surface area contributed by atoms with E-state index in [1.54, 1.807) is 0 Å². The SMILES string of the molecule is C[C@]12CCCCC1CC[C@@H]1[C@@H]2CC[C@]2(C)C(=O)CC[C@@]12O. The van der Waals surface area contributed by atoms with Crippen LogP contribution in [-0.4, -0.2) is 16.5 Å². The van der Waals surface area contributed by atoms with Gasteiger partial charge >= 0.3 is 0 Å². The maximum absolute atomic E-state index is 12.4. The summed E-state index contributed by atoms with van der Waals surface area (Å²) in [4.78, 5) is 12.4. The summed E-state index contributed by atoms with van der Waals surface area (Å²) >= 11 is 0. The fourth-order valence-corrected chi connectivity index (χ4v) is 7.03. The molecule has 4 rings (SSSR count). The maximum Gasteiger partial charge on any atom is 0.141 e. The van der Waals surface area contributed by atoms with Crippen LogP contribution < -0.4 is 0 Å². The Hall–Kier alpha value is -0.370. The van der Waals surface area contributed by atoms with Gasteiger partial charge in [-0.05, 0) is 75.0 Å². The summed E-state index contributed by atoms with van der Waals surface area (Å²) in [5.74, 6) is 2.24. The summed E-state index contributed by atoms with van der Waals surface area (Å²) < 4.78 is 0. The zero-order chi connectivity index (χ0) is 14.9. The van der Waals surface area contributed by atoms with Gasteiger partial charge in [0.15, 0.2) is 0 Å². The summed E-state index contributed by atoms with van der Waals surface area (Å²) in [5, 5.41) is 11.5. The van der Waals surface area contributed by atoms with E-state index >= 15 is 0 Å². The molecular formula is C19H30O2. The van der Waals surface area contributed by atoms with E-state index in [0.717, 1.165) is 25.2 Å². The van der Waals surface area contributed by atoms with Crippen LogP contribution in [0.1, 0.15) is 78.1 Å². The molecule has 0 saturated heterocycles. The van der Waals surface area contributed by atoms with Crippen molar-refractivity contribution in [2.24, 2.45) is 28.6 Å². The molecule has 0 aliphatic heterocycles. The van der Waals surface area contributed by atoms with Gasteiger partial charge in [-0.15, -0.1) is 0 Å². The van der Waals surface area contributed by atoms with Gasteiger partial charge in [0.2, 0.25) is 0 Å². The van der Waals surface area contributed by atoms with Gasteiger partial charge in [0.25, 0.3) is 0 Å². The van der Waals surface area contributed by atoms with Gasteiger partial charge in [-0.1, -0.05) is 19.8 Å². The van der Waals surface area contributed by atoms with Gasteiger partial charge in [-0.2, -0.15) is 0 Å². The second-order valence-corrected chi connectivity index (χ2v) is 8.96. The second kappa shape index (κ2) is 4.34. The van der Waals surface area contributed by atoms with E-state index in [-0.39, 0.29) is 0 Å². The summed E-state index contributed by atoms with van der Waals surface area (Å²) in [6.45, 7) is 4.57. The number of Topliss-reactive ketones (excluding diaryl/α,β-unsaturated/α-hetero) is 1.